The normalized spacial score (nSPS) is 11.8. The van der Waals surface area contributed by atoms with Crippen LogP contribution in [-0.4, -0.2) is 6.54 Å². The van der Waals surface area contributed by atoms with Gasteiger partial charge >= 0.3 is 6.18 Å². The van der Waals surface area contributed by atoms with Gasteiger partial charge in [0.25, 0.3) is 0 Å². The fourth-order valence-corrected chi connectivity index (χ4v) is 1.08. The Labute approximate surface area is 78.5 Å². The molecule has 0 aliphatic carbocycles. The standard InChI is InChI=1S/C9H9F4N/c10-8-5-7(9(11,12)13)2-1-6(8)3-4-14/h1-2,5H,3-4,14H2. The van der Waals surface area contributed by atoms with E-state index >= 15 is 0 Å². The van der Waals surface area contributed by atoms with Crippen molar-refractivity contribution in [1.29, 1.82) is 0 Å². The summed E-state index contributed by atoms with van der Waals surface area (Å²) in [5.74, 6) is -0.856. The van der Waals surface area contributed by atoms with Crippen molar-refractivity contribution in [3.63, 3.8) is 0 Å². The van der Waals surface area contributed by atoms with E-state index in [1.807, 2.05) is 0 Å². The smallest absolute Gasteiger partial charge is 0.330 e. The first-order valence-electron chi connectivity index (χ1n) is 4.01. The van der Waals surface area contributed by atoms with Crippen LogP contribution < -0.4 is 5.73 Å². The molecule has 78 valence electrons. The summed E-state index contributed by atoms with van der Waals surface area (Å²) in [7, 11) is 0. The Balaban J connectivity index is 3.01. The molecule has 0 saturated carbocycles. The molecule has 0 heterocycles. The molecule has 2 N–H and O–H groups in total. The highest BCUT2D eigenvalue weighted by Crippen LogP contribution is 2.30. The van der Waals surface area contributed by atoms with Crippen LogP contribution in [0.15, 0.2) is 18.2 Å². The van der Waals surface area contributed by atoms with E-state index in [-0.39, 0.29) is 18.5 Å². The second-order valence-electron chi connectivity index (χ2n) is 2.84. The molecule has 0 aliphatic heterocycles. The van der Waals surface area contributed by atoms with Gasteiger partial charge in [-0.25, -0.2) is 4.39 Å². The number of alkyl halides is 3. The topological polar surface area (TPSA) is 26.0 Å². The van der Waals surface area contributed by atoms with Crippen molar-refractivity contribution in [2.75, 3.05) is 6.54 Å². The maximum atomic E-state index is 13.0. The van der Waals surface area contributed by atoms with Crippen molar-refractivity contribution in [3.8, 4) is 0 Å². The maximum Gasteiger partial charge on any atom is 0.416 e. The molecular formula is C9H9F4N. The first-order valence-corrected chi connectivity index (χ1v) is 4.01. The van der Waals surface area contributed by atoms with Gasteiger partial charge in [0.2, 0.25) is 0 Å². The molecule has 0 saturated heterocycles. The lowest BCUT2D eigenvalue weighted by Crippen LogP contribution is -2.08. The van der Waals surface area contributed by atoms with Gasteiger partial charge in [0.1, 0.15) is 5.82 Å². The third-order valence-electron chi connectivity index (χ3n) is 1.79. The van der Waals surface area contributed by atoms with E-state index in [9.17, 15) is 17.6 Å². The third kappa shape index (κ3) is 2.45. The van der Waals surface area contributed by atoms with E-state index in [1.54, 1.807) is 0 Å². The number of hydrogen-bond acceptors (Lipinski definition) is 1. The highest BCUT2D eigenvalue weighted by molar-refractivity contribution is 5.26. The third-order valence-corrected chi connectivity index (χ3v) is 1.79. The highest BCUT2D eigenvalue weighted by Gasteiger charge is 2.30. The summed E-state index contributed by atoms with van der Waals surface area (Å²) < 4.78 is 49.3. The number of nitrogens with two attached hydrogens (primary N) is 1. The minimum atomic E-state index is -4.50. The van der Waals surface area contributed by atoms with Crippen LogP contribution in [0.4, 0.5) is 17.6 Å². The maximum absolute atomic E-state index is 13.0. The molecular weight excluding hydrogens is 198 g/mol. The number of hydrogen-bond donors (Lipinski definition) is 1. The summed E-state index contributed by atoms with van der Waals surface area (Å²) in [5.41, 5.74) is 4.40. The Morgan fingerprint density at radius 2 is 1.86 bits per heavy atom. The second-order valence-corrected chi connectivity index (χ2v) is 2.84. The van der Waals surface area contributed by atoms with Gasteiger partial charge in [0.05, 0.1) is 5.56 Å². The zero-order chi connectivity index (χ0) is 10.8. The minimum Gasteiger partial charge on any atom is -0.330 e. The quantitative estimate of drug-likeness (QED) is 0.740. The van der Waals surface area contributed by atoms with E-state index in [0.717, 1.165) is 12.1 Å². The predicted molar refractivity (Wildman–Crippen MR) is 44.2 cm³/mol. The summed E-state index contributed by atoms with van der Waals surface area (Å²) in [6.07, 6.45) is -4.26. The van der Waals surface area contributed by atoms with Crippen molar-refractivity contribution in [3.05, 3.63) is 35.1 Å². The Morgan fingerprint density at radius 1 is 1.21 bits per heavy atom. The fourth-order valence-electron chi connectivity index (χ4n) is 1.08. The molecule has 0 atom stereocenters. The molecule has 5 heteroatoms. The van der Waals surface area contributed by atoms with Crippen molar-refractivity contribution >= 4 is 0 Å². The van der Waals surface area contributed by atoms with Gasteiger partial charge < -0.3 is 5.73 Å². The molecule has 0 fully saturated rings. The lowest BCUT2D eigenvalue weighted by Gasteiger charge is -2.08. The van der Waals surface area contributed by atoms with Gasteiger partial charge in [0, 0.05) is 0 Å². The van der Waals surface area contributed by atoms with Gasteiger partial charge in [-0.15, -0.1) is 0 Å². The number of halogens is 4. The summed E-state index contributed by atoms with van der Waals surface area (Å²) in [4.78, 5) is 0. The lowest BCUT2D eigenvalue weighted by molar-refractivity contribution is -0.137. The first kappa shape index (κ1) is 11.0. The molecule has 0 spiro atoms. The van der Waals surface area contributed by atoms with Crippen LogP contribution in [0.3, 0.4) is 0 Å². The van der Waals surface area contributed by atoms with E-state index in [4.69, 9.17) is 5.73 Å². The van der Waals surface area contributed by atoms with Crippen molar-refractivity contribution < 1.29 is 17.6 Å². The number of rotatable bonds is 2. The first-order chi connectivity index (χ1) is 6.45. The van der Waals surface area contributed by atoms with Gasteiger partial charge in [-0.05, 0) is 30.7 Å². The van der Waals surface area contributed by atoms with Crippen LogP contribution >= 0.6 is 0 Å². The number of benzene rings is 1. The van der Waals surface area contributed by atoms with Gasteiger partial charge in [0.15, 0.2) is 0 Å². The highest BCUT2D eigenvalue weighted by atomic mass is 19.4. The van der Waals surface area contributed by atoms with Crippen LogP contribution in [0.5, 0.6) is 0 Å². The minimum absolute atomic E-state index is 0.209. The molecule has 1 aromatic carbocycles. The second kappa shape index (κ2) is 3.96. The molecule has 0 bridgehead atoms. The molecule has 14 heavy (non-hydrogen) atoms. The summed E-state index contributed by atoms with van der Waals surface area (Å²) in [6.45, 7) is 0.211. The zero-order valence-corrected chi connectivity index (χ0v) is 7.24. The largest absolute Gasteiger partial charge is 0.416 e. The summed E-state index contributed by atoms with van der Waals surface area (Å²) in [6, 6.07) is 2.46. The SMILES string of the molecule is NCCc1ccc(C(F)(F)F)cc1F. The summed E-state index contributed by atoms with van der Waals surface area (Å²) in [5, 5.41) is 0. The molecule has 0 unspecified atom stereocenters. The fraction of sp³-hybridized carbons (Fsp3) is 0.333. The lowest BCUT2D eigenvalue weighted by atomic mass is 10.1. The average molecular weight is 207 g/mol. The van der Waals surface area contributed by atoms with E-state index in [2.05, 4.69) is 0 Å². The predicted octanol–water partition coefficient (Wildman–Crippen LogP) is 2.35. The molecule has 0 radical (unpaired) electrons. The van der Waals surface area contributed by atoms with Crippen molar-refractivity contribution in [2.45, 2.75) is 12.6 Å². The molecule has 0 aromatic heterocycles. The van der Waals surface area contributed by atoms with Gasteiger partial charge in [-0.1, -0.05) is 6.07 Å². The Morgan fingerprint density at radius 3 is 2.29 bits per heavy atom. The molecule has 1 rings (SSSR count). The van der Waals surface area contributed by atoms with Crippen molar-refractivity contribution in [2.24, 2.45) is 5.73 Å². The molecule has 0 aliphatic rings. The Hall–Kier alpha value is -1.10. The Bertz CT molecular complexity index is 319. The van der Waals surface area contributed by atoms with E-state index < -0.39 is 17.6 Å². The van der Waals surface area contributed by atoms with Crippen molar-refractivity contribution in [1.82, 2.24) is 0 Å². The monoisotopic (exact) mass is 207 g/mol. The average Bonchev–Trinajstić information content (AvgIpc) is 2.07. The molecule has 0 amide bonds. The summed E-state index contributed by atoms with van der Waals surface area (Å²) >= 11 is 0. The van der Waals surface area contributed by atoms with Crippen LogP contribution in [0, 0.1) is 5.82 Å². The van der Waals surface area contributed by atoms with E-state index in [0.29, 0.717) is 6.07 Å². The van der Waals surface area contributed by atoms with Crippen LogP contribution in [0.1, 0.15) is 11.1 Å². The van der Waals surface area contributed by atoms with Gasteiger partial charge in [-0.3, -0.25) is 0 Å². The molecule has 1 nitrogen and oxygen atoms in total. The van der Waals surface area contributed by atoms with Crippen LogP contribution in [-0.2, 0) is 12.6 Å². The van der Waals surface area contributed by atoms with Crippen LogP contribution in [0.25, 0.3) is 0 Å². The van der Waals surface area contributed by atoms with Gasteiger partial charge in [-0.2, -0.15) is 13.2 Å². The van der Waals surface area contributed by atoms with Crippen LogP contribution in [0.2, 0.25) is 0 Å². The zero-order valence-electron chi connectivity index (χ0n) is 7.24. The molecule has 1 aromatic rings. The van der Waals surface area contributed by atoms with E-state index in [1.165, 1.54) is 0 Å². The Kier molecular flexibility index (Phi) is 3.10.